The number of nitrogens with two attached hydrogens (primary N) is 2. The highest BCUT2D eigenvalue weighted by Crippen LogP contribution is 2.53. The second-order valence-corrected chi connectivity index (χ2v) is 7.25. The van der Waals surface area contributed by atoms with Crippen molar-refractivity contribution in [2.75, 3.05) is 11.5 Å². The quantitative estimate of drug-likeness (QED) is 0.702. The molecule has 26 heavy (non-hydrogen) atoms. The Morgan fingerprint density at radius 2 is 1.92 bits per heavy atom. The minimum absolute atomic E-state index is 0.0859. The van der Waals surface area contributed by atoms with Crippen LogP contribution in [0.5, 0.6) is 11.6 Å². The predicted molar refractivity (Wildman–Crippen MR) is 103 cm³/mol. The van der Waals surface area contributed by atoms with Gasteiger partial charge in [0.2, 0.25) is 5.88 Å². The first kappa shape index (κ1) is 16.3. The summed E-state index contributed by atoms with van der Waals surface area (Å²) in [4.78, 5) is 5.39. The number of hydrogen-bond acceptors (Lipinski definition) is 6. The SMILES string of the molecule is Cc1ccc2c(c1)C(Sc1ccccc1)c1c(nc(N)c(C#N)c1N)O2. The van der Waals surface area contributed by atoms with Gasteiger partial charge in [0.05, 0.1) is 16.5 Å². The number of fused-ring (bicyclic) bond motifs is 2. The number of rotatable bonds is 2. The summed E-state index contributed by atoms with van der Waals surface area (Å²) in [5, 5.41) is 9.28. The molecule has 0 saturated carbocycles. The second-order valence-electron chi connectivity index (χ2n) is 6.07. The molecule has 1 aliphatic heterocycles. The third-order valence-corrected chi connectivity index (χ3v) is 5.56. The summed E-state index contributed by atoms with van der Waals surface area (Å²) in [7, 11) is 0. The van der Waals surface area contributed by atoms with Crippen molar-refractivity contribution >= 4 is 23.3 Å². The van der Waals surface area contributed by atoms with E-state index in [1.165, 1.54) is 0 Å². The van der Waals surface area contributed by atoms with Crippen LogP contribution in [-0.2, 0) is 0 Å². The molecule has 2 aromatic carbocycles. The normalized spacial score (nSPS) is 14.7. The molecule has 2 heterocycles. The molecule has 1 aromatic heterocycles. The summed E-state index contributed by atoms with van der Waals surface area (Å²) >= 11 is 1.65. The largest absolute Gasteiger partial charge is 0.438 e. The maximum atomic E-state index is 9.42. The van der Waals surface area contributed by atoms with Gasteiger partial charge < -0.3 is 16.2 Å². The molecule has 1 unspecified atom stereocenters. The number of hydrogen-bond donors (Lipinski definition) is 2. The van der Waals surface area contributed by atoms with Gasteiger partial charge in [-0.05, 0) is 25.1 Å². The van der Waals surface area contributed by atoms with Gasteiger partial charge >= 0.3 is 0 Å². The van der Waals surface area contributed by atoms with Gasteiger partial charge in [0.25, 0.3) is 0 Å². The molecule has 128 valence electrons. The molecule has 3 aromatic rings. The van der Waals surface area contributed by atoms with Crippen LogP contribution in [0.3, 0.4) is 0 Å². The topological polar surface area (TPSA) is 98.0 Å². The smallest absolute Gasteiger partial charge is 0.228 e. The number of pyridine rings is 1. The lowest BCUT2D eigenvalue weighted by atomic mass is 9.97. The minimum Gasteiger partial charge on any atom is -0.438 e. The summed E-state index contributed by atoms with van der Waals surface area (Å²) in [6, 6.07) is 18.1. The van der Waals surface area contributed by atoms with Gasteiger partial charge in [-0.1, -0.05) is 35.9 Å². The van der Waals surface area contributed by atoms with Crippen molar-refractivity contribution in [2.24, 2.45) is 0 Å². The Morgan fingerprint density at radius 1 is 1.15 bits per heavy atom. The van der Waals surface area contributed by atoms with Gasteiger partial charge in [-0.2, -0.15) is 10.2 Å². The maximum absolute atomic E-state index is 9.42. The molecule has 0 saturated heterocycles. The number of thioether (sulfide) groups is 1. The lowest BCUT2D eigenvalue weighted by molar-refractivity contribution is 0.441. The van der Waals surface area contributed by atoms with Crippen LogP contribution in [-0.4, -0.2) is 4.98 Å². The number of ether oxygens (including phenoxy) is 1. The first-order chi connectivity index (χ1) is 12.6. The molecule has 0 bridgehead atoms. The highest BCUT2D eigenvalue weighted by molar-refractivity contribution is 7.99. The molecule has 0 radical (unpaired) electrons. The number of benzene rings is 2. The van der Waals surface area contributed by atoms with Crippen LogP contribution in [0, 0.1) is 18.3 Å². The third-order valence-electron chi connectivity index (χ3n) is 4.29. The number of aryl methyl sites for hydroxylation is 1. The van der Waals surface area contributed by atoms with E-state index in [-0.39, 0.29) is 16.6 Å². The number of nitrogens with zero attached hydrogens (tertiary/aromatic N) is 2. The van der Waals surface area contributed by atoms with Gasteiger partial charge in [0, 0.05) is 10.5 Å². The van der Waals surface area contributed by atoms with E-state index in [1.54, 1.807) is 11.8 Å². The van der Waals surface area contributed by atoms with E-state index in [4.69, 9.17) is 16.2 Å². The summed E-state index contributed by atoms with van der Waals surface area (Å²) < 4.78 is 5.97. The predicted octanol–water partition coefficient (Wildman–Crippen LogP) is 4.41. The average molecular weight is 360 g/mol. The van der Waals surface area contributed by atoms with Crippen LogP contribution in [0.4, 0.5) is 11.5 Å². The molecule has 4 rings (SSSR count). The van der Waals surface area contributed by atoms with E-state index < -0.39 is 0 Å². The van der Waals surface area contributed by atoms with Gasteiger partial charge in [-0.15, -0.1) is 11.8 Å². The third kappa shape index (κ3) is 2.63. The maximum Gasteiger partial charge on any atom is 0.228 e. The van der Waals surface area contributed by atoms with E-state index in [0.717, 1.165) is 21.8 Å². The first-order valence-corrected chi connectivity index (χ1v) is 8.95. The second kappa shape index (κ2) is 6.28. The van der Waals surface area contributed by atoms with Crippen LogP contribution in [0.1, 0.15) is 27.5 Å². The van der Waals surface area contributed by atoms with Crippen LogP contribution in [0.2, 0.25) is 0 Å². The van der Waals surface area contributed by atoms with E-state index in [2.05, 4.69) is 17.1 Å². The van der Waals surface area contributed by atoms with Gasteiger partial charge in [-0.25, -0.2) is 0 Å². The minimum atomic E-state index is -0.142. The standard InChI is InChI=1S/C20H16N4OS/c1-11-7-8-15-13(9-11)18(26-12-5-3-2-4-6-12)16-17(22)14(10-21)19(23)24-20(16)25-15/h2-9,18H,1H3,(H4,22,23,24). The Morgan fingerprint density at radius 3 is 2.65 bits per heavy atom. The van der Waals surface area contributed by atoms with Gasteiger partial charge in [0.1, 0.15) is 23.2 Å². The Bertz CT molecular complexity index is 1040. The van der Waals surface area contributed by atoms with Crippen LogP contribution in [0.15, 0.2) is 53.4 Å². The summed E-state index contributed by atoms with van der Waals surface area (Å²) in [6.45, 7) is 2.03. The van der Waals surface area contributed by atoms with Crippen molar-refractivity contribution in [1.29, 1.82) is 5.26 Å². The number of aromatic nitrogens is 1. The van der Waals surface area contributed by atoms with E-state index in [1.807, 2.05) is 49.4 Å². The number of nitriles is 1. The fourth-order valence-corrected chi connectivity index (χ4v) is 4.29. The highest BCUT2D eigenvalue weighted by atomic mass is 32.2. The zero-order valence-corrected chi connectivity index (χ0v) is 14.9. The molecule has 0 aliphatic carbocycles. The molecule has 6 heteroatoms. The van der Waals surface area contributed by atoms with Gasteiger partial charge in [-0.3, -0.25) is 0 Å². The lowest BCUT2D eigenvalue weighted by Crippen LogP contribution is -2.15. The zero-order chi connectivity index (χ0) is 18.3. The summed E-state index contributed by atoms with van der Waals surface area (Å²) in [5.74, 6) is 1.18. The first-order valence-electron chi connectivity index (χ1n) is 8.07. The fourth-order valence-electron chi connectivity index (χ4n) is 3.04. The molecule has 0 spiro atoms. The van der Waals surface area contributed by atoms with Crippen molar-refractivity contribution in [3.8, 4) is 17.7 Å². The summed E-state index contributed by atoms with van der Waals surface area (Å²) in [6.07, 6.45) is 0. The number of nitrogen functional groups attached to an aromatic ring is 2. The van der Waals surface area contributed by atoms with Crippen molar-refractivity contribution in [1.82, 2.24) is 4.98 Å². The Hall–Kier alpha value is -3.17. The molecule has 1 aliphatic rings. The van der Waals surface area contributed by atoms with E-state index in [0.29, 0.717) is 17.1 Å². The van der Waals surface area contributed by atoms with Crippen molar-refractivity contribution in [3.05, 3.63) is 70.8 Å². The van der Waals surface area contributed by atoms with Crippen LogP contribution < -0.4 is 16.2 Å². The fraction of sp³-hybridized carbons (Fsp3) is 0.100. The molecule has 0 fully saturated rings. The van der Waals surface area contributed by atoms with Crippen molar-refractivity contribution < 1.29 is 4.74 Å². The molecule has 5 nitrogen and oxygen atoms in total. The van der Waals surface area contributed by atoms with Crippen molar-refractivity contribution in [2.45, 2.75) is 17.1 Å². The molecule has 4 N–H and O–H groups in total. The average Bonchev–Trinajstić information content (AvgIpc) is 2.63. The lowest BCUT2D eigenvalue weighted by Gasteiger charge is -2.29. The Kier molecular flexibility index (Phi) is 3.94. The molecular formula is C20H16N4OS. The van der Waals surface area contributed by atoms with Crippen LogP contribution >= 0.6 is 11.8 Å². The van der Waals surface area contributed by atoms with E-state index >= 15 is 0 Å². The summed E-state index contributed by atoms with van der Waals surface area (Å²) in [5.41, 5.74) is 15.6. The Balaban J connectivity index is 1.94. The zero-order valence-electron chi connectivity index (χ0n) is 14.1. The Labute approximate surface area is 155 Å². The van der Waals surface area contributed by atoms with E-state index in [9.17, 15) is 5.26 Å². The molecule has 0 amide bonds. The van der Waals surface area contributed by atoms with Crippen molar-refractivity contribution in [3.63, 3.8) is 0 Å². The highest BCUT2D eigenvalue weighted by Gasteiger charge is 2.33. The molecule has 1 atom stereocenters. The number of anilines is 2. The van der Waals surface area contributed by atoms with Crippen LogP contribution in [0.25, 0.3) is 0 Å². The monoisotopic (exact) mass is 360 g/mol. The molecular weight excluding hydrogens is 344 g/mol. The van der Waals surface area contributed by atoms with Gasteiger partial charge in [0.15, 0.2) is 0 Å².